The Balaban J connectivity index is 2.30. The standard InChI is InChI=1S/C17H24N2O2S2/c1-19(2)16-10-6-9-15-14(16)8-7-11-17(15)23(20,21)18-12-4-3-5-13-22/h6-11,18,22H,3-5,12-13H2,1-2H3. The summed E-state index contributed by atoms with van der Waals surface area (Å²) in [5.41, 5.74) is 1.01. The summed E-state index contributed by atoms with van der Waals surface area (Å²) < 4.78 is 27.9. The maximum Gasteiger partial charge on any atom is 0.241 e. The molecule has 0 aromatic heterocycles. The summed E-state index contributed by atoms with van der Waals surface area (Å²) in [6.07, 6.45) is 2.81. The molecule has 2 aromatic rings. The third-order valence-corrected chi connectivity index (χ3v) is 5.59. The maximum absolute atomic E-state index is 12.6. The normalized spacial score (nSPS) is 11.8. The van der Waals surface area contributed by atoms with Gasteiger partial charge < -0.3 is 4.90 Å². The van der Waals surface area contributed by atoms with Crippen LogP contribution in [0.15, 0.2) is 41.3 Å². The molecule has 126 valence electrons. The van der Waals surface area contributed by atoms with Crippen LogP contribution >= 0.6 is 12.6 Å². The van der Waals surface area contributed by atoms with Crippen molar-refractivity contribution in [2.75, 3.05) is 31.3 Å². The van der Waals surface area contributed by atoms with Crippen LogP contribution in [0.4, 0.5) is 5.69 Å². The van der Waals surface area contributed by atoms with Gasteiger partial charge in [-0.2, -0.15) is 12.6 Å². The topological polar surface area (TPSA) is 49.4 Å². The summed E-state index contributed by atoms with van der Waals surface area (Å²) in [7, 11) is 0.404. The van der Waals surface area contributed by atoms with E-state index in [1.165, 1.54) is 0 Å². The number of unbranched alkanes of at least 4 members (excludes halogenated alkanes) is 2. The molecule has 0 spiro atoms. The van der Waals surface area contributed by atoms with E-state index in [0.29, 0.717) is 11.4 Å². The van der Waals surface area contributed by atoms with Crippen LogP contribution in [0.3, 0.4) is 0 Å². The van der Waals surface area contributed by atoms with Gasteiger partial charge in [-0.05, 0) is 30.7 Å². The number of sulfonamides is 1. The molecule has 23 heavy (non-hydrogen) atoms. The average molecular weight is 353 g/mol. The highest BCUT2D eigenvalue weighted by Gasteiger charge is 2.17. The van der Waals surface area contributed by atoms with E-state index >= 15 is 0 Å². The molecule has 1 N–H and O–H groups in total. The van der Waals surface area contributed by atoms with Gasteiger partial charge in [-0.25, -0.2) is 13.1 Å². The number of nitrogens with zero attached hydrogens (tertiary/aromatic N) is 1. The molecule has 4 nitrogen and oxygen atoms in total. The van der Waals surface area contributed by atoms with E-state index in [9.17, 15) is 8.42 Å². The Labute approximate surface area is 144 Å². The predicted octanol–water partition coefficient (Wildman–Crippen LogP) is 3.28. The van der Waals surface area contributed by atoms with Crippen molar-refractivity contribution in [3.8, 4) is 0 Å². The molecule has 0 aliphatic rings. The SMILES string of the molecule is CN(C)c1cccc2c(S(=O)(=O)NCCCCCS)cccc12. The van der Waals surface area contributed by atoms with Crippen molar-refractivity contribution in [1.82, 2.24) is 4.72 Å². The Morgan fingerprint density at radius 2 is 1.70 bits per heavy atom. The van der Waals surface area contributed by atoms with Crippen LogP contribution < -0.4 is 9.62 Å². The van der Waals surface area contributed by atoms with E-state index in [0.717, 1.165) is 41.5 Å². The number of nitrogens with one attached hydrogen (secondary N) is 1. The van der Waals surface area contributed by atoms with E-state index < -0.39 is 10.0 Å². The lowest BCUT2D eigenvalue weighted by molar-refractivity contribution is 0.577. The Morgan fingerprint density at radius 1 is 1.00 bits per heavy atom. The predicted molar refractivity (Wildman–Crippen MR) is 101 cm³/mol. The molecule has 6 heteroatoms. The van der Waals surface area contributed by atoms with Crippen LogP contribution in [0.2, 0.25) is 0 Å². The Bertz CT molecular complexity index is 758. The summed E-state index contributed by atoms with van der Waals surface area (Å²) in [4.78, 5) is 2.33. The number of thiol groups is 1. The summed E-state index contributed by atoms with van der Waals surface area (Å²) in [5, 5.41) is 1.69. The highest BCUT2D eigenvalue weighted by Crippen LogP contribution is 2.30. The second-order valence-corrected chi connectivity index (χ2v) is 7.89. The first-order chi connectivity index (χ1) is 11.0. The maximum atomic E-state index is 12.6. The van der Waals surface area contributed by atoms with Crippen LogP contribution in [0, 0.1) is 0 Å². The Hall–Kier alpha value is -1.24. The highest BCUT2D eigenvalue weighted by atomic mass is 32.2. The molecule has 0 radical (unpaired) electrons. The zero-order valence-electron chi connectivity index (χ0n) is 13.6. The van der Waals surface area contributed by atoms with Crippen LogP contribution in [0.1, 0.15) is 19.3 Å². The quantitative estimate of drug-likeness (QED) is 0.566. The minimum Gasteiger partial charge on any atom is -0.377 e. The lowest BCUT2D eigenvalue weighted by Gasteiger charge is -2.17. The lowest BCUT2D eigenvalue weighted by atomic mass is 10.1. The van der Waals surface area contributed by atoms with Gasteiger partial charge in [-0.15, -0.1) is 0 Å². The zero-order chi connectivity index (χ0) is 16.9. The summed E-state index contributed by atoms with van der Waals surface area (Å²) in [6, 6.07) is 11.2. The van der Waals surface area contributed by atoms with E-state index in [2.05, 4.69) is 17.4 Å². The second-order valence-electron chi connectivity index (χ2n) is 5.70. The largest absolute Gasteiger partial charge is 0.377 e. The minimum atomic E-state index is -3.50. The van der Waals surface area contributed by atoms with Gasteiger partial charge in [0.1, 0.15) is 0 Å². The van der Waals surface area contributed by atoms with Crippen LogP contribution in [0.25, 0.3) is 10.8 Å². The molecular weight excluding hydrogens is 328 g/mol. The van der Waals surface area contributed by atoms with E-state index in [-0.39, 0.29) is 0 Å². The summed E-state index contributed by atoms with van der Waals surface area (Å²) >= 11 is 4.16. The molecule has 2 aromatic carbocycles. The number of rotatable bonds is 8. The Kier molecular flexibility index (Phi) is 6.33. The number of fused-ring (bicyclic) bond motifs is 1. The molecule has 0 aliphatic heterocycles. The van der Waals surface area contributed by atoms with Gasteiger partial charge in [0.25, 0.3) is 0 Å². The van der Waals surface area contributed by atoms with Gasteiger partial charge in [0, 0.05) is 37.1 Å². The van der Waals surface area contributed by atoms with Crippen molar-refractivity contribution in [1.29, 1.82) is 0 Å². The fraction of sp³-hybridized carbons (Fsp3) is 0.412. The summed E-state index contributed by atoms with van der Waals surface area (Å²) in [6.45, 7) is 0.458. The number of anilines is 1. The van der Waals surface area contributed by atoms with Gasteiger partial charge in [-0.1, -0.05) is 30.7 Å². The molecule has 0 heterocycles. The summed E-state index contributed by atoms with van der Waals surface area (Å²) in [5.74, 6) is 0.837. The van der Waals surface area contributed by atoms with E-state index in [1.54, 1.807) is 12.1 Å². The monoisotopic (exact) mass is 352 g/mol. The smallest absolute Gasteiger partial charge is 0.241 e. The van der Waals surface area contributed by atoms with Gasteiger partial charge in [0.2, 0.25) is 10.0 Å². The third-order valence-electron chi connectivity index (χ3n) is 3.76. The number of benzene rings is 2. The van der Waals surface area contributed by atoms with E-state index in [4.69, 9.17) is 0 Å². The molecule has 0 saturated carbocycles. The molecule has 0 saturated heterocycles. The van der Waals surface area contributed by atoms with Crippen molar-refractivity contribution in [2.24, 2.45) is 0 Å². The molecular formula is C17H24N2O2S2. The highest BCUT2D eigenvalue weighted by molar-refractivity contribution is 7.89. The fourth-order valence-corrected chi connectivity index (χ4v) is 4.10. The molecule has 0 amide bonds. The first-order valence-corrected chi connectivity index (χ1v) is 9.88. The molecule has 0 fully saturated rings. The van der Waals surface area contributed by atoms with Crippen molar-refractivity contribution in [3.63, 3.8) is 0 Å². The van der Waals surface area contributed by atoms with Crippen LogP contribution in [-0.4, -0.2) is 34.8 Å². The molecule has 0 atom stereocenters. The van der Waals surface area contributed by atoms with Gasteiger partial charge in [-0.3, -0.25) is 0 Å². The minimum absolute atomic E-state index is 0.341. The molecule has 0 unspecified atom stereocenters. The third kappa shape index (κ3) is 4.40. The van der Waals surface area contributed by atoms with Gasteiger partial charge in [0.05, 0.1) is 4.90 Å². The van der Waals surface area contributed by atoms with Gasteiger partial charge in [0.15, 0.2) is 0 Å². The first-order valence-electron chi connectivity index (χ1n) is 7.77. The van der Waals surface area contributed by atoms with Crippen molar-refractivity contribution >= 4 is 39.1 Å². The van der Waals surface area contributed by atoms with Crippen LogP contribution in [0.5, 0.6) is 0 Å². The number of hydrogen-bond donors (Lipinski definition) is 2. The first kappa shape index (κ1) is 18.1. The molecule has 0 aliphatic carbocycles. The molecule has 2 rings (SSSR count). The Morgan fingerprint density at radius 3 is 2.39 bits per heavy atom. The van der Waals surface area contributed by atoms with E-state index in [1.807, 2.05) is 43.3 Å². The lowest BCUT2D eigenvalue weighted by Crippen LogP contribution is -2.25. The van der Waals surface area contributed by atoms with Gasteiger partial charge >= 0.3 is 0 Å². The van der Waals surface area contributed by atoms with Crippen LogP contribution in [-0.2, 0) is 10.0 Å². The van der Waals surface area contributed by atoms with Crippen molar-refractivity contribution < 1.29 is 8.42 Å². The molecule has 0 bridgehead atoms. The fourth-order valence-electron chi connectivity index (χ4n) is 2.59. The van der Waals surface area contributed by atoms with Crippen molar-refractivity contribution in [2.45, 2.75) is 24.2 Å². The van der Waals surface area contributed by atoms with Crippen molar-refractivity contribution in [3.05, 3.63) is 36.4 Å². The zero-order valence-corrected chi connectivity index (χ0v) is 15.3. The number of hydrogen-bond acceptors (Lipinski definition) is 4. The second kappa shape index (κ2) is 8.04. The average Bonchev–Trinajstić information content (AvgIpc) is 2.53.